The molecule has 1 fully saturated rings. The topological polar surface area (TPSA) is 67.9 Å². The number of benzene rings is 1. The van der Waals surface area contributed by atoms with Crippen molar-refractivity contribution in [2.45, 2.75) is 0 Å². The summed E-state index contributed by atoms with van der Waals surface area (Å²) in [6, 6.07) is 3.61. The highest BCUT2D eigenvalue weighted by Crippen LogP contribution is 2.26. The summed E-state index contributed by atoms with van der Waals surface area (Å²) in [6.07, 6.45) is 0. The lowest BCUT2D eigenvalue weighted by Crippen LogP contribution is -2.43. The molecule has 0 unspecified atom stereocenters. The number of rotatable bonds is 4. The molecule has 0 aromatic heterocycles. The molecule has 106 valence electrons. The average molecular weight is 290 g/mol. The highest BCUT2D eigenvalue weighted by Gasteiger charge is 2.25. The number of methoxy groups -OCH3 is 1. The predicted molar refractivity (Wildman–Crippen MR) is 67.9 cm³/mol. The molecule has 0 saturated carbocycles. The maximum absolute atomic E-state index is 13.0. The fourth-order valence-corrected chi connectivity index (χ4v) is 2.95. The van der Waals surface area contributed by atoms with E-state index in [1.807, 2.05) is 0 Å². The van der Waals surface area contributed by atoms with Gasteiger partial charge in [-0.2, -0.15) is 12.7 Å². The second-order valence-corrected chi connectivity index (χ2v) is 5.63. The molecule has 1 aliphatic rings. The summed E-state index contributed by atoms with van der Waals surface area (Å²) >= 11 is 0. The first-order chi connectivity index (χ1) is 9.03. The van der Waals surface area contributed by atoms with Crippen LogP contribution < -0.4 is 9.46 Å². The van der Waals surface area contributed by atoms with E-state index < -0.39 is 16.0 Å². The molecule has 0 radical (unpaired) electrons. The van der Waals surface area contributed by atoms with Gasteiger partial charge in [0.2, 0.25) is 0 Å². The van der Waals surface area contributed by atoms with Gasteiger partial charge >= 0.3 is 10.2 Å². The summed E-state index contributed by atoms with van der Waals surface area (Å²) in [5.74, 6) is -0.358. The molecule has 1 saturated heterocycles. The van der Waals surface area contributed by atoms with E-state index in [0.717, 1.165) is 6.07 Å². The second-order valence-electron chi connectivity index (χ2n) is 3.96. The number of nitrogens with zero attached hydrogens (tertiary/aromatic N) is 1. The molecule has 1 aliphatic heterocycles. The van der Waals surface area contributed by atoms with Gasteiger partial charge in [-0.3, -0.25) is 4.72 Å². The standard InChI is InChI=1S/C11H15FN2O4S/c1-17-11-8-9(12)2-3-10(11)13-19(15,16)14-4-6-18-7-5-14/h2-3,8,13H,4-7H2,1H3. The van der Waals surface area contributed by atoms with Crippen LogP contribution in [0.2, 0.25) is 0 Å². The lowest BCUT2D eigenvalue weighted by atomic mass is 10.3. The van der Waals surface area contributed by atoms with Crippen molar-refractivity contribution in [2.24, 2.45) is 0 Å². The largest absolute Gasteiger partial charge is 0.494 e. The Morgan fingerprint density at radius 1 is 1.37 bits per heavy atom. The van der Waals surface area contributed by atoms with Crippen LogP contribution in [-0.4, -0.2) is 46.1 Å². The third-order valence-electron chi connectivity index (χ3n) is 2.71. The molecule has 2 rings (SSSR count). The Bertz CT molecular complexity index is 544. The quantitative estimate of drug-likeness (QED) is 0.891. The monoisotopic (exact) mass is 290 g/mol. The fourth-order valence-electron chi connectivity index (χ4n) is 1.74. The minimum absolute atomic E-state index is 0.136. The van der Waals surface area contributed by atoms with Crippen LogP contribution in [0.1, 0.15) is 0 Å². The van der Waals surface area contributed by atoms with Gasteiger partial charge in [-0.15, -0.1) is 0 Å². The number of ether oxygens (including phenoxy) is 2. The van der Waals surface area contributed by atoms with Crippen LogP contribution in [0.4, 0.5) is 10.1 Å². The van der Waals surface area contributed by atoms with Crippen molar-refractivity contribution in [1.82, 2.24) is 4.31 Å². The van der Waals surface area contributed by atoms with Gasteiger partial charge in [0.25, 0.3) is 0 Å². The molecule has 0 aliphatic carbocycles. The second kappa shape index (κ2) is 5.72. The molecule has 1 N–H and O–H groups in total. The van der Waals surface area contributed by atoms with Crippen LogP contribution in [0.15, 0.2) is 18.2 Å². The fraction of sp³-hybridized carbons (Fsp3) is 0.455. The van der Waals surface area contributed by atoms with Crippen molar-refractivity contribution in [3.63, 3.8) is 0 Å². The molecular formula is C11H15FN2O4S. The lowest BCUT2D eigenvalue weighted by Gasteiger charge is -2.26. The Balaban J connectivity index is 2.19. The van der Waals surface area contributed by atoms with E-state index in [9.17, 15) is 12.8 Å². The average Bonchev–Trinajstić information content (AvgIpc) is 2.41. The third kappa shape index (κ3) is 3.34. The SMILES string of the molecule is COc1cc(F)ccc1NS(=O)(=O)N1CCOCC1. The smallest absolute Gasteiger partial charge is 0.301 e. The molecule has 1 heterocycles. The first-order valence-electron chi connectivity index (χ1n) is 5.72. The van der Waals surface area contributed by atoms with Crippen LogP contribution >= 0.6 is 0 Å². The molecule has 8 heteroatoms. The van der Waals surface area contributed by atoms with Crippen LogP contribution in [-0.2, 0) is 14.9 Å². The number of hydrogen-bond donors (Lipinski definition) is 1. The Morgan fingerprint density at radius 3 is 2.68 bits per heavy atom. The van der Waals surface area contributed by atoms with Crippen molar-refractivity contribution < 1.29 is 22.3 Å². The van der Waals surface area contributed by atoms with E-state index in [1.54, 1.807) is 0 Å². The van der Waals surface area contributed by atoms with Gasteiger partial charge in [0.05, 0.1) is 26.0 Å². The van der Waals surface area contributed by atoms with E-state index in [4.69, 9.17) is 9.47 Å². The Hall–Kier alpha value is -1.38. The normalized spacial score (nSPS) is 17.2. The number of morpholine rings is 1. The van der Waals surface area contributed by atoms with Crippen LogP contribution in [0.25, 0.3) is 0 Å². The number of halogens is 1. The maximum Gasteiger partial charge on any atom is 0.301 e. The number of anilines is 1. The molecule has 0 amide bonds. The van der Waals surface area contributed by atoms with E-state index in [0.29, 0.717) is 26.3 Å². The first kappa shape index (κ1) is 14.0. The van der Waals surface area contributed by atoms with Crippen molar-refractivity contribution in [3.05, 3.63) is 24.0 Å². The molecular weight excluding hydrogens is 275 g/mol. The van der Waals surface area contributed by atoms with Gasteiger partial charge in [-0.05, 0) is 12.1 Å². The van der Waals surface area contributed by atoms with Gasteiger partial charge in [0.15, 0.2) is 0 Å². The van der Waals surface area contributed by atoms with Gasteiger partial charge in [0.1, 0.15) is 11.6 Å². The van der Waals surface area contributed by atoms with Crippen LogP contribution in [0, 0.1) is 5.82 Å². The number of hydrogen-bond acceptors (Lipinski definition) is 4. The minimum Gasteiger partial charge on any atom is -0.494 e. The molecule has 1 aromatic carbocycles. The molecule has 0 spiro atoms. The highest BCUT2D eigenvalue weighted by molar-refractivity contribution is 7.90. The summed E-state index contributed by atoms with van der Waals surface area (Å²) in [5, 5.41) is 0. The molecule has 1 aromatic rings. The first-order valence-corrected chi connectivity index (χ1v) is 7.16. The lowest BCUT2D eigenvalue weighted by molar-refractivity contribution is 0.0733. The van der Waals surface area contributed by atoms with Crippen molar-refractivity contribution in [3.8, 4) is 5.75 Å². The van der Waals surface area contributed by atoms with Crippen molar-refractivity contribution >= 4 is 15.9 Å². The van der Waals surface area contributed by atoms with Gasteiger partial charge in [-0.25, -0.2) is 4.39 Å². The highest BCUT2D eigenvalue weighted by atomic mass is 32.2. The Labute approximate surface area is 111 Å². The van der Waals surface area contributed by atoms with E-state index in [1.165, 1.54) is 23.5 Å². The molecule has 19 heavy (non-hydrogen) atoms. The zero-order valence-electron chi connectivity index (χ0n) is 10.4. The third-order valence-corrected chi connectivity index (χ3v) is 4.24. The predicted octanol–water partition coefficient (Wildman–Crippen LogP) is 0.823. The summed E-state index contributed by atoms with van der Waals surface area (Å²) < 4.78 is 51.0. The molecule has 0 bridgehead atoms. The summed E-state index contributed by atoms with van der Waals surface area (Å²) in [7, 11) is -2.33. The van der Waals surface area contributed by atoms with Crippen LogP contribution in [0.3, 0.4) is 0 Å². The molecule has 6 nitrogen and oxygen atoms in total. The van der Waals surface area contributed by atoms with E-state index in [-0.39, 0.29) is 11.4 Å². The minimum atomic E-state index is -3.68. The van der Waals surface area contributed by atoms with Gasteiger partial charge in [-0.1, -0.05) is 0 Å². The molecule has 0 atom stereocenters. The van der Waals surface area contributed by atoms with E-state index in [2.05, 4.69) is 4.72 Å². The van der Waals surface area contributed by atoms with Gasteiger partial charge in [0, 0.05) is 19.2 Å². The Morgan fingerprint density at radius 2 is 2.05 bits per heavy atom. The zero-order chi connectivity index (χ0) is 13.9. The van der Waals surface area contributed by atoms with Crippen molar-refractivity contribution in [2.75, 3.05) is 38.1 Å². The van der Waals surface area contributed by atoms with E-state index >= 15 is 0 Å². The number of nitrogens with one attached hydrogen (secondary N) is 1. The van der Waals surface area contributed by atoms with Gasteiger partial charge < -0.3 is 9.47 Å². The maximum atomic E-state index is 13.0. The van der Waals surface area contributed by atoms with Crippen LogP contribution in [0.5, 0.6) is 5.75 Å². The van der Waals surface area contributed by atoms with Crippen molar-refractivity contribution in [1.29, 1.82) is 0 Å². The zero-order valence-corrected chi connectivity index (χ0v) is 11.2. The summed E-state index contributed by atoms with van der Waals surface area (Å²) in [4.78, 5) is 0. The Kier molecular flexibility index (Phi) is 4.23. The summed E-state index contributed by atoms with van der Waals surface area (Å²) in [6.45, 7) is 1.31. The summed E-state index contributed by atoms with van der Waals surface area (Å²) in [5.41, 5.74) is 0.204.